The van der Waals surface area contributed by atoms with Crippen LogP contribution in [0.25, 0.3) is 0 Å². The van der Waals surface area contributed by atoms with E-state index in [0.717, 1.165) is 34.0 Å². The normalized spacial score (nSPS) is 10.3. The molecule has 0 aliphatic rings. The second-order valence-electron chi connectivity index (χ2n) is 7.98. The number of benzene rings is 4. The Morgan fingerprint density at radius 1 is 0.771 bits per heavy atom. The van der Waals surface area contributed by atoms with E-state index >= 15 is 0 Å². The Morgan fingerprint density at radius 3 is 2.17 bits per heavy atom. The topological polar surface area (TPSA) is 68.8 Å². The lowest BCUT2D eigenvalue weighted by Crippen LogP contribution is -2.20. The first-order valence-corrected chi connectivity index (χ1v) is 11.3. The van der Waals surface area contributed by atoms with Crippen LogP contribution in [0.5, 0.6) is 23.0 Å². The fourth-order valence-corrected chi connectivity index (χ4v) is 3.39. The predicted octanol–water partition coefficient (Wildman–Crippen LogP) is 6.43. The summed E-state index contributed by atoms with van der Waals surface area (Å²) in [5.41, 5.74) is 3.85. The summed E-state index contributed by atoms with van der Waals surface area (Å²) in [5.74, 6) is 2.42. The molecule has 0 aromatic heterocycles. The van der Waals surface area contributed by atoms with E-state index in [1.165, 1.54) is 0 Å². The third-order valence-corrected chi connectivity index (χ3v) is 5.25. The molecule has 178 valence electrons. The summed E-state index contributed by atoms with van der Waals surface area (Å²) in [6.45, 7) is 2.49. The fourth-order valence-electron chi connectivity index (χ4n) is 3.39. The Balaban J connectivity index is 1.29. The highest BCUT2D eigenvalue weighted by Crippen LogP contribution is 2.29. The zero-order chi connectivity index (χ0) is 24.5. The van der Waals surface area contributed by atoms with Crippen LogP contribution in [0, 0.1) is 6.92 Å². The lowest BCUT2D eigenvalue weighted by Gasteiger charge is -2.13. The van der Waals surface area contributed by atoms with Crippen LogP contribution in [0.1, 0.15) is 11.1 Å². The predicted molar refractivity (Wildman–Crippen MR) is 139 cm³/mol. The summed E-state index contributed by atoms with van der Waals surface area (Å²) in [4.78, 5) is 12.2. The lowest BCUT2D eigenvalue weighted by molar-refractivity contribution is -0.118. The summed E-state index contributed by atoms with van der Waals surface area (Å²) in [7, 11) is 1.58. The molecule has 0 radical (unpaired) electrons. The minimum Gasteiger partial charge on any atom is -0.493 e. The maximum Gasteiger partial charge on any atom is 0.262 e. The average molecular weight is 469 g/mol. The standard InChI is InChI=1S/C29H28N2O4/c1-21-8-11-24(12-9-21)31-29(32)20-34-27-17-10-22(18-28(27)33-2)19-30-23-13-15-26(16-14-23)35-25-6-4-3-5-7-25/h3-18,30H,19-20H2,1-2H3,(H,31,32). The van der Waals surface area contributed by atoms with Gasteiger partial charge in [-0.2, -0.15) is 0 Å². The van der Waals surface area contributed by atoms with Crippen LogP contribution in [0.15, 0.2) is 97.1 Å². The van der Waals surface area contributed by atoms with Crippen molar-refractivity contribution in [2.24, 2.45) is 0 Å². The smallest absolute Gasteiger partial charge is 0.262 e. The van der Waals surface area contributed by atoms with Crippen LogP contribution in [0.4, 0.5) is 11.4 Å². The summed E-state index contributed by atoms with van der Waals surface area (Å²) < 4.78 is 17.0. The number of methoxy groups -OCH3 is 1. The molecule has 4 aromatic rings. The van der Waals surface area contributed by atoms with Crippen molar-refractivity contribution in [3.63, 3.8) is 0 Å². The van der Waals surface area contributed by atoms with Gasteiger partial charge in [0.1, 0.15) is 11.5 Å². The van der Waals surface area contributed by atoms with E-state index in [1.54, 1.807) is 7.11 Å². The van der Waals surface area contributed by atoms with E-state index in [9.17, 15) is 4.79 Å². The average Bonchev–Trinajstić information content (AvgIpc) is 2.89. The molecule has 0 aliphatic carbocycles. The van der Waals surface area contributed by atoms with E-state index in [0.29, 0.717) is 18.0 Å². The van der Waals surface area contributed by atoms with Crippen LogP contribution in [0.3, 0.4) is 0 Å². The zero-order valence-electron chi connectivity index (χ0n) is 19.8. The molecule has 0 unspecified atom stereocenters. The van der Waals surface area contributed by atoms with E-state index in [2.05, 4.69) is 10.6 Å². The Labute approximate surface area is 205 Å². The molecular formula is C29H28N2O4. The summed E-state index contributed by atoms with van der Waals surface area (Å²) in [6.07, 6.45) is 0. The summed E-state index contributed by atoms with van der Waals surface area (Å²) >= 11 is 0. The number of para-hydroxylation sites is 1. The van der Waals surface area contributed by atoms with Gasteiger partial charge in [-0.1, -0.05) is 42.0 Å². The van der Waals surface area contributed by atoms with Crippen molar-refractivity contribution in [3.8, 4) is 23.0 Å². The van der Waals surface area contributed by atoms with Crippen molar-refractivity contribution in [2.75, 3.05) is 24.4 Å². The van der Waals surface area contributed by atoms with Crippen molar-refractivity contribution >= 4 is 17.3 Å². The Kier molecular flexibility index (Phi) is 7.86. The van der Waals surface area contributed by atoms with Gasteiger partial charge in [0, 0.05) is 17.9 Å². The largest absolute Gasteiger partial charge is 0.493 e. The van der Waals surface area contributed by atoms with Gasteiger partial charge in [0.2, 0.25) is 0 Å². The number of hydrogen-bond acceptors (Lipinski definition) is 5. The van der Waals surface area contributed by atoms with Gasteiger partial charge in [0.25, 0.3) is 5.91 Å². The highest BCUT2D eigenvalue weighted by molar-refractivity contribution is 5.91. The molecule has 0 saturated carbocycles. The molecule has 0 saturated heterocycles. The molecule has 4 rings (SSSR count). The first-order chi connectivity index (χ1) is 17.1. The molecule has 35 heavy (non-hydrogen) atoms. The summed E-state index contributed by atoms with van der Waals surface area (Å²) in [6, 6.07) is 30.7. The quantitative estimate of drug-likeness (QED) is 0.281. The number of carbonyl (C=O) groups is 1. The van der Waals surface area contributed by atoms with Gasteiger partial charge in [-0.25, -0.2) is 0 Å². The maximum absolute atomic E-state index is 12.2. The van der Waals surface area contributed by atoms with Crippen LogP contribution in [-0.4, -0.2) is 19.6 Å². The third kappa shape index (κ3) is 7.01. The number of nitrogens with one attached hydrogen (secondary N) is 2. The molecular weight excluding hydrogens is 440 g/mol. The highest BCUT2D eigenvalue weighted by atomic mass is 16.5. The number of rotatable bonds is 10. The Morgan fingerprint density at radius 2 is 1.46 bits per heavy atom. The van der Waals surface area contributed by atoms with Gasteiger partial charge in [0.05, 0.1) is 7.11 Å². The van der Waals surface area contributed by atoms with Gasteiger partial charge in [0.15, 0.2) is 18.1 Å². The van der Waals surface area contributed by atoms with Gasteiger partial charge in [-0.3, -0.25) is 4.79 Å². The summed E-state index contributed by atoms with van der Waals surface area (Å²) in [5, 5.41) is 6.21. The first-order valence-electron chi connectivity index (χ1n) is 11.3. The van der Waals surface area contributed by atoms with Crippen LogP contribution in [-0.2, 0) is 11.3 Å². The Hall–Kier alpha value is -4.45. The molecule has 0 fully saturated rings. The van der Waals surface area contributed by atoms with Crippen LogP contribution >= 0.6 is 0 Å². The fraction of sp³-hybridized carbons (Fsp3) is 0.138. The van der Waals surface area contributed by atoms with Crippen molar-refractivity contribution in [1.29, 1.82) is 0 Å². The molecule has 1 amide bonds. The molecule has 0 bridgehead atoms. The van der Waals surface area contributed by atoms with E-state index in [1.807, 2.05) is 104 Å². The van der Waals surface area contributed by atoms with Gasteiger partial charge in [-0.15, -0.1) is 0 Å². The van der Waals surface area contributed by atoms with Crippen LogP contribution < -0.4 is 24.8 Å². The minimum absolute atomic E-state index is 0.112. The Bertz CT molecular complexity index is 1240. The van der Waals surface area contributed by atoms with E-state index in [-0.39, 0.29) is 12.5 Å². The number of amides is 1. The highest BCUT2D eigenvalue weighted by Gasteiger charge is 2.09. The van der Waals surface area contributed by atoms with Crippen molar-refractivity contribution in [3.05, 3.63) is 108 Å². The number of anilines is 2. The molecule has 6 heteroatoms. The molecule has 0 heterocycles. The molecule has 2 N–H and O–H groups in total. The monoisotopic (exact) mass is 468 g/mol. The second kappa shape index (κ2) is 11.6. The van der Waals surface area contributed by atoms with Crippen molar-refractivity contribution in [1.82, 2.24) is 0 Å². The SMILES string of the molecule is COc1cc(CNc2ccc(Oc3ccccc3)cc2)ccc1OCC(=O)Nc1ccc(C)cc1. The van der Waals surface area contributed by atoms with Crippen LogP contribution in [0.2, 0.25) is 0 Å². The minimum atomic E-state index is -0.235. The number of ether oxygens (including phenoxy) is 3. The van der Waals surface area contributed by atoms with Crippen molar-refractivity contribution in [2.45, 2.75) is 13.5 Å². The molecule has 0 spiro atoms. The molecule has 4 aromatic carbocycles. The first kappa shape index (κ1) is 23.7. The molecule has 0 aliphatic heterocycles. The van der Waals surface area contributed by atoms with Crippen molar-refractivity contribution < 1.29 is 19.0 Å². The molecule has 0 atom stereocenters. The molecule has 6 nitrogen and oxygen atoms in total. The maximum atomic E-state index is 12.2. The van der Waals surface area contributed by atoms with Gasteiger partial charge in [-0.05, 0) is 73.2 Å². The third-order valence-electron chi connectivity index (χ3n) is 5.25. The lowest BCUT2D eigenvalue weighted by atomic mass is 10.2. The van der Waals surface area contributed by atoms with E-state index < -0.39 is 0 Å². The van der Waals surface area contributed by atoms with Gasteiger partial charge >= 0.3 is 0 Å². The zero-order valence-corrected chi connectivity index (χ0v) is 19.8. The van der Waals surface area contributed by atoms with Gasteiger partial charge < -0.3 is 24.8 Å². The number of hydrogen-bond donors (Lipinski definition) is 2. The number of carbonyl (C=O) groups excluding carboxylic acids is 1. The number of aryl methyl sites for hydroxylation is 1. The second-order valence-corrected chi connectivity index (χ2v) is 7.98. The van der Waals surface area contributed by atoms with E-state index in [4.69, 9.17) is 14.2 Å².